The molecule has 8 nitrogen and oxygen atoms in total. The van der Waals surface area contributed by atoms with Gasteiger partial charge in [-0.2, -0.15) is 5.10 Å². The Balaban J connectivity index is 1.61. The van der Waals surface area contributed by atoms with Crippen molar-refractivity contribution in [1.29, 1.82) is 0 Å². The minimum Gasteiger partial charge on any atom is -0.454 e. The minimum absolute atomic E-state index is 0.158. The number of guanidine groups is 1. The van der Waals surface area contributed by atoms with Crippen LogP contribution >= 0.6 is 0 Å². The highest BCUT2D eigenvalue weighted by Gasteiger charge is 2.18. The van der Waals surface area contributed by atoms with E-state index in [-0.39, 0.29) is 12.7 Å². The Morgan fingerprint density at radius 2 is 1.88 bits per heavy atom. The summed E-state index contributed by atoms with van der Waals surface area (Å²) in [5, 5.41) is 10.7. The van der Waals surface area contributed by atoms with Gasteiger partial charge in [-0.15, -0.1) is 0 Å². The Morgan fingerprint density at radius 1 is 1.09 bits per heavy atom. The van der Waals surface area contributed by atoms with E-state index in [0.717, 1.165) is 33.8 Å². The monoisotopic (exact) mass is 433 g/mol. The normalized spacial score (nSPS) is 12.7. The van der Waals surface area contributed by atoms with E-state index in [2.05, 4.69) is 15.7 Å². The van der Waals surface area contributed by atoms with Crippen molar-refractivity contribution >= 4 is 17.6 Å². The third kappa shape index (κ3) is 4.44. The van der Waals surface area contributed by atoms with Gasteiger partial charge in [-0.05, 0) is 63.1 Å². The Labute approximate surface area is 187 Å². The second kappa shape index (κ2) is 8.74. The SMILES string of the molecule is Cc1ccc(C)c(NC(=NCc2c(C)nn(C)c2C)NC(=O)c2ccc3c(c2)OCO3)c1. The zero-order chi connectivity index (χ0) is 22.8. The summed E-state index contributed by atoms with van der Waals surface area (Å²) in [4.78, 5) is 17.7. The summed E-state index contributed by atoms with van der Waals surface area (Å²) in [5.74, 6) is 1.26. The molecule has 1 aliphatic rings. The van der Waals surface area contributed by atoms with Gasteiger partial charge in [0.05, 0.1) is 12.2 Å². The molecule has 4 rings (SSSR count). The predicted molar refractivity (Wildman–Crippen MR) is 123 cm³/mol. The first-order valence-corrected chi connectivity index (χ1v) is 10.4. The average Bonchev–Trinajstić information content (AvgIpc) is 3.32. The fourth-order valence-corrected chi connectivity index (χ4v) is 3.53. The molecular weight excluding hydrogens is 406 g/mol. The van der Waals surface area contributed by atoms with E-state index in [1.54, 1.807) is 18.2 Å². The third-order valence-electron chi connectivity index (χ3n) is 5.57. The van der Waals surface area contributed by atoms with Crippen LogP contribution in [0.2, 0.25) is 0 Å². The fraction of sp³-hybridized carbons (Fsp3) is 0.292. The molecule has 2 N–H and O–H groups in total. The molecule has 0 fully saturated rings. The lowest BCUT2D eigenvalue weighted by molar-refractivity contribution is 0.0976. The maximum atomic E-state index is 13.0. The molecule has 1 amide bonds. The topological polar surface area (TPSA) is 89.8 Å². The number of fused-ring (bicyclic) bond motifs is 1. The second-order valence-corrected chi connectivity index (χ2v) is 7.90. The molecule has 0 aliphatic carbocycles. The molecule has 32 heavy (non-hydrogen) atoms. The van der Waals surface area contributed by atoms with Crippen LogP contribution in [0.5, 0.6) is 11.5 Å². The van der Waals surface area contributed by atoms with Gasteiger partial charge in [0.2, 0.25) is 12.8 Å². The number of amides is 1. The van der Waals surface area contributed by atoms with Crippen molar-refractivity contribution in [1.82, 2.24) is 15.1 Å². The maximum absolute atomic E-state index is 13.0. The van der Waals surface area contributed by atoms with Crippen molar-refractivity contribution in [3.05, 3.63) is 70.0 Å². The van der Waals surface area contributed by atoms with Crippen molar-refractivity contribution in [2.24, 2.45) is 12.0 Å². The minimum atomic E-state index is -0.292. The number of hydrogen-bond acceptors (Lipinski definition) is 5. The number of nitrogens with zero attached hydrogens (tertiary/aromatic N) is 3. The summed E-state index contributed by atoms with van der Waals surface area (Å²) in [5.41, 5.74) is 6.49. The maximum Gasteiger partial charge on any atom is 0.258 e. The molecule has 1 aliphatic heterocycles. The molecule has 0 saturated carbocycles. The lowest BCUT2D eigenvalue weighted by atomic mass is 10.1. The largest absolute Gasteiger partial charge is 0.454 e. The first-order valence-electron chi connectivity index (χ1n) is 10.4. The van der Waals surface area contributed by atoms with E-state index >= 15 is 0 Å². The van der Waals surface area contributed by atoms with Gasteiger partial charge < -0.3 is 14.8 Å². The summed E-state index contributed by atoms with van der Waals surface area (Å²) < 4.78 is 12.6. The van der Waals surface area contributed by atoms with Crippen LogP contribution in [0.3, 0.4) is 0 Å². The first-order chi connectivity index (χ1) is 15.3. The lowest BCUT2D eigenvalue weighted by Crippen LogP contribution is -2.36. The number of aryl methyl sites for hydroxylation is 4. The summed E-state index contributed by atoms with van der Waals surface area (Å²) >= 11 is 0. The molecule has 2 aromatic carbocycles. The van der Waals surface area contributed by atoms with Gasteiger partial charge in [-0.25, -0.2) is 4.99 Å². The van der Waals surface area contributed by atoms with Gasteiger partial charge in [0.1, 0.15) is 0 Å². The zero-order valence-corrected chi connectivity index (χ0v) is 18.9. The van der Waals surface area contributed by atoms with E-state index < -0.39 is 0 Å². The molecule has 8 heteroatoms. The molecule has 166 valence electrons. The summed E-state index contributed by atoms with van der Waals surface area (Å²) in [6.07, 6.45) is 0. The second-order valence-electron chi connectivity index (χ2n) is 7.90. The van der Waals surface area contributed by atoms with E-state index in [4.69, 9.17) is 14.5 Å². The first kappa shape index (κ1) is 21.4. The van der Waals surface area contributed by atoms with Gasteiger partial charge in [-0.1, -0.05) is 12.1 Å². The van der Waals surface area contributed by atoms with Gasteiger partial charge in [0.15, 0.2) is 11.5 Å². The van der Waals surface area contributed by atoms with Crippen molar-refractivity contribution < 1.29 is 14.3 Å². The number of aliphatic imine (C=N–C) groups is 1. The van der Waals surface area contributed by atoms with Crippen molar-refractivity contribution in [2.45, 2.75) is 34.2 Å². The zero-order valence-electron chi connectivity index (χ0n) is 18.9. The molecule has 0 atom stereocenters. The Hall–Kier alpha value is -3.81. The molecule has 0 bridgehead atoms. The number of anilines is 1. The number of carbonyl (C=O) groups is 1. The Kier molecular flexibility index (Phi) is 5.85. The molecular formula is C24H27N5O3. The van der Waals surface area contributed by atoms with Crippen LogP contribution in [0.15, 0.2) is 41.4 Å². The average molecular weight is 434 g/mol. The van der Waals surface area contributed by atoms with Crippen LogP contribution in [-0.4, -0.2) is 28.4 Å². The highest BCUT2D eigenvalue weighted by molar-refractivity contribution is 6.10. The fourth-order valence-electron chi connectivity index (χ4n) is 3.53. The number of ether oxygens (including phenoxy) is 2. The van der Waals surface area contributed by atoms with Crippen molar-refractivity contribution in [3.63, 3.8) is 0 Å². The number of hydrogen-bond donors (Lipinski definition) is 2. The number of carbonyl (C=O) groups excluding carboxylic acids is 1. The van der Waals surface area contributed by atoms with E-state index in [0.29, 0.717) is 29.6 Å². The molecule has 0 spiro atoms. The van der Waals surface area contributed by atoms with Crippen LogP contribution < -0.4 is 20.1 Å². The Morgan fingerprint density at radius 3 is 2.62 bits per heavy atom. The number of benzene rings is 2. The van der Waals surface area contributed by atoms with Gasteiger partial charge in [0, 0.05) is 29.6 Å². The van der Waals surface area contributed by atoms with Crippen LogP contribution in [0.1, 0.15) is 38.4 Å². The lowest BCUT2D eigenvalue weighted by Gasteiger charge is -2.14. The number of aromatic nitrogens is 2. The summed E-state index contributed by atoms with van der Waals surface area (Å²) in [7, 11) is 1.91. The molecule has 3 aromatic rings. The van der Waals surface area contributed by atoms with Gasteiger partial charge in [-0.3, -0.25) is 14.8 Å². The third-order valence-corrected chi connectivity index (χ3v) is 5.57. The summed E-state index contributed by atoms with van der Waals surface area (Å²) in [6, 6.07) is 11.2. The smallest absolute Gasteiger partial charge is 0.258 e. The number of rotatable bonds is 4. The van der Waals surface area contributed by atoms with E-state index in [9.17, 15) is 4.79 Å². The molecule has 2 heterocycles. The van der Waals surface area contributed by atoms with E-state index in [1.807, 2.05) is 57.6 Å². The van der Waals surface area contributed by atoms with Gasteiger partial charge in [0.25, 0.3) is 5.91 Å². The molecule has 0 saturated heterocycles. The number of nitrogens with one attached hydrogen (secondary N) is 2. The van der Waals surface area contributed by atoms with Crippen molar-refractivity contribution in [3.8, 4) is 11.5 Å². The van der Waals surface area contributed by atoms with Crippen LogP contribution in [-0.2, 0) is 13.6 Å². The Bertz CT molecular complexity index is 1210. The molecule has 0 radical (unpaired) electrons. The molecule has 0 unspecified atom stereocenters. The summed E-state index contributed by atoms with van der Waals surface area (Å²) in [6.45, 7) is 8.55. The highest BCUT2D eigenvalue weighted by Crippen LogP contribution is 2.32. The van der Waals surface area contributed by atoms with E-state index in [1.165, 1.54) is 0 Å². The standard InChI is InChI=1S/C24H27N5O3/c1-14-6-7-15(2)20(10-14)26-24(25-12-19-16(3)28-29(5)17(19)4)27-23(30)18-8-9-21-22(11-18)32-13-31-21/h6-11H,12-13H2,1-5H3,(H2,25,26,27,30). The predicted octanol–water partition coefficient (Wildman–Crippen LogP) is 3.78. The van der Waals surface area contributed by atoms with Crippen LogP contribution in [0, 0.1) is 27.7 Å². The van der Waals surface area contributed by atoms with Crippen molar-refractivity contribution in [2.75, 3.05) is 12.1 Å². The highest BCUT2D eigenvalue weighted by atomic mass is 16.7. The quantitative estimate of drug-likeness (QED) is 0.483. The van der Waals surface area contributed by atoms with Crippen LogP contribution in [0.25, 0.3) is 0 Å². The molecule has 1 aromatic heterocycles. The van der Waals surface area contributed by atoms with Gasteiger partial charge >= 0.3 is 0 Å². The van der Waals surface area contributed by atoms with Crippen LogP contribution in [0.4, 0.5) is 5.69 Å².